The van der Waals surface area contributed by atoms with Crippen LogP contribution in [0.1, 0.15) is 27.9 Å². The van der Waals surface area contributed by atoms with E-state index in [1.165, 1.54) is 27.8 Å². The highest BCUT2D eigenvalue weighted by Crippen LogP contribution is 2.45. The Balaban J connectivity index is 1.18. The molecule has 1 heteroatoms. The summed E-state index contributed by atoms with van der Waals surface area (Å²) in [7, 11) is 0. The lowest BCUT2D eigenvalue weighted by atomic mass is 9.77. The third kappa shape index (κ3) is 5.85. The number of rotatable bonds is 6. The summed E-state index contributed by atoms with van der Waals surface area (Å²) in [6.07, 6.45) is 8.66. The molecule has 0 saturated heterocycles. The minimum atomic E-state index is -0.248. The van der Waals surface area contributed by atoms with Gasteiger partial charge in [0.1, 0.15) is 0 Å². The maximum Gasteiger partial charge on any atom is 0.170 e. The van der Waals surface area contributed by atoms with Crippen LogP contribution >= 0.6 is 0 Å². The van der Waals surface area contributed by atoms with Crippen LogP contribution in [0.15, 0.2) is 194 Å². The van der Waals surface area contributed by atoms with Crippen molar-refractivity contribution < 1.29 is 4.79 Å². The van der Waals surface area contributed by atoms with Crippen LogP contribution in [-0.4, -0.2) is 5.78 Å². The zero-order valence-corrected chi connectivity index (χ0v) is 29.0. The molecule has 0 bridgehead atoms. The maximum absolute atomic E-state index is 15.0. The molecule has 0 amide bonds. The molecule has 0 heterocycles. The topological polar surface area (TPSA) is 17.1 Å². The Morgan fingerprint density at radius 2 is 0.885 bits per heavy atom. The lowest BCUT2D eigenvalue weighted by Gasteiger charge is -2.26. The van der Waals surface area contributed by atoms with Crippen molar-refractivity contribution in [1.82, 2.24) is 0 Å². The van der Waals surface area contributed by atoms with Gasteiger partial charge in [-0.2, -0.15) is 0 Å². The molecule has 0 aliphatic heterocycles. The van der Waals surface area contributed by atoms with Gasteiger partial charge in [0.05, 0.1) is 0 Å². The summed E-state index contributed by atoms with van der Waals surface area (Å²) in [6.45, 7) is 0. The standard InChI is InChI=1S/C51H38O/c52-51-47-33-41(49-43(35-15-5-1-6-16-35)23-13-24-44(49)36-17-7-2-8-18-36)31-29-39(47)27-28-40-30-32-42(34-48(40)51)50-45(37-19-9-3-10-20-37)25-14-26-46(50)38-21-11-4-12-22-38/h1-26,29-34,39,47H,27-28H2. The van der Waals surface area contributed by atoms with Gasteiger partial charge < -0.3 is 0 Å². The Morgan fingerprint density at radius 1 is 0.423 bits per heavy atom. The second kappa shape index (κ2) is 13.8. The fourth-order valence-electron chi connectivity index (χ4n) is 8.27. The lowest BCUT2D eigenvalue weighted by Crippen LogP contribution is -2.22. The van der Waals surface area contributed by atoms with Crippen molar-refractivity contribution in [3.05, 3.63) is 211 Å². The van der Waals surface area contributed by atoms with Crippen molar-refractivity contribution in [1.29, 1.82) is 0 Å². The maximum atomic E-state index is 15.0. The third-order valence-electron chi connectivity index (χ3n) is 10.8. The largest absolute Gasteiger partial charge is 0.293 e. The first-order valence-electron chi connectivity index (χ1n) is 18.3. The minimum absolute atomic E-state index is 0.146. The van der Waals surface area contributed by atoms with Crippen molar-refractivity contribution in [3.63, 3.8) is 0 Å². The number of carbonyl (C=O) groups excluding carboxylic acids is 1. The fraction of sp³-hybridized carbons (Fsp3) is 0.0784. The molecule has 7 aromatic carbocycles. The van der Waals surface area contributed by atoms with E-state index in [9.17, 15) is 4.79 Å². The van der Waals surface area contributed by atoms with Gasteiger partial charge in [-0.15, -0.1) is 0 Å². The van der Waals surface area contributed by atoms with Crippen LogP contribution in [0.5, 0.6) is 0 Å². The number of ketones is 1. The van der Waals surface area contributed by atoms with E-state index in [0.717, 1.165) is 62.9 Å². The van der Waals surface area contributed by atoms with Gasteiger partial charge >= 0.3 is 0 Å². The SMILES string of the molecule is O=C1c2cc(-c3c(-c4ccccc4)cccc3-c3ccccc3)ccc2CCC2C=CC(c3c(-c4ccccc4)cccc3-c3ccccc3)=CC12. The normalized spacial score (nSPS) is 16.4. The Bertz CT molecular complexity index is 2340. The molecular formula is C51H38O. The predicted octanol–water partition coefficient (Wildman–Crippen LogP) is 13.0. The molecule has 0 radical (unpaired) electrons. The number of allylic oxidation sites excluding steroid dienone is 4. The smallest absolute Gasteiger partial charge is 0.170 e. The van der Waals surface area contributed by atoms with Gasteiger partial charge in [0.2, 0.25) is 0 Å². The number of hydrogen-bond donors (Lipinski definition) is 0. The summed E-state index contributed by atoms with van der Waals surface area (Å²) in [5.41, 5.74) is 15.8. The number of hydrogen-bond acceptors (Lipinski definition) is 1. The predicted molar refractivity (Wildman–Crippen MR) is 217 cm³/mol. The van der Waals surface area contributed by atoms with E-state index >= 15 is 0 Å². The van der Waals surface area contributed by atoms with E-state index in [-0.39, 0.29) is 17.6 Å². The average Bonchev–Trinajstić information content (AvgIpc) is 3.36. The molecule has 2 unspecified atom stereocenters. The van der Waals surface area contributed by atoms with Crippen LogP contribution in [0.25, 0.3) is 61.2 Å². The molecule has 2 aliphatic rings. The zero-order chi connectivity index (χ0) is 34.9. The summed E-state index contributed by atoms with van der Waals surface area (Å²) in [5.74, 6) is 0.104. The number of aryl methyl sites for hydroxylation is 1. The zero-order valence-electron chi connectivity index (χ0n) is 29.0. The van der Waals surface area contributed by atoms with Crippen LogP contribution in [0, 0.1) is 11.8 Å². The molecule has 52 heavy (non-hydrogen) atoms. The van der Waals surface area contributed by atoms with Gasteiger partial charge in [-0.1, -0.05) is 188 Å². The minimum Gasteiger partial charge on any atom is -0.293 e. The molecule has 0 aromatic heterocycles. The van der Waals surface area contributed by atoms with Crippen LogP contribution in [0.3, 0.4) is 0 Å². The summed E-state index contributed by atoms with van der Waals surface area (Å²) in [4.78, 5) is 15.0. The van der Waals surface area contributed by atoms with Gasteiger partial charge in [-0.05, 0) is 97.2 Å². The molecule has 0 saturated carbocycles. The van der Waals surface area contributed by atoms with E-state index in [2.05, 4.69) is 194 Å². The second-order valence-electron chi connectivity index (χ2n) is 13.9. The number of Topliss-reactive ketones (excluding diaryl/α,β-unsaturated/α-hetero) is 1. The van der Waals surface area contributed by atoms with Crippen molar-refractivity contribution in [2.24, 2.45) is 11.8 Å². The Hall–Kier alpha value is -6.31. The van der Waals surface area contributed by atoms with Crippen molar-refractivity contribution in [2.75, 3.05) is 0 Å². The Kier molecular flexibility index (Phi) is 8.39. The van der Waals surface area contributed by atoms with Crippen LogP contribution in [0.2, 0.25) is 0 Å². The highest BCUT2D eigenvalue weighted by Gasteiger charge is 2.34. The lowest BCUT2D eigenvalue weighted by molar-refractivity contribution is 0.0924. The monoisotopic (exact) mass is 666 g/mol. The van der Waals surface area contributed by atoms with Gasteiger partial charge in [-0.3, -0.25) is 4.79 Å². The number of carbonyl (C=O) groups is 1. The van der Waals surface area contributed by atoms with E-state index in [1.54, 1.807) is 0 Å². The average molecular weight is 667 g/mol. The fourth-order valence-corrected chi connectivity index (χ4v) is 8.27. The summed E-state index contributed by atoms with van der Waals surface area (Å²) >= 11 is 0. The van der Waals surface area contributed by atoms with Gasteiger partial charge in [0.25, 0.3) is 0 Å². The number of benzene rings is 7. The summed E-state index contributed by atoms with van der Waals surface area (Å²) < 4.78 is 0. The summed E-state index contributed by atoms with van der Waals surface area (Å²) in [6, 6.07) is 62.1. The van der Waals surface area contributed by atoms with Crippen LogP contribution in [-0.2, 0) is 6.42 Å². The Morgan fingerprint density at radius 3 is 1.37 bits per heavy atom. The Labute approximate surface area is 306 Å². The highest BCUT2D eigenvalue weighted by molar-refractivity contribution is 6.05. The van der Waals surface area contributed by atoms with Crippen LogP contribution < -0.4 is 0 Å². The molecule has 2 atom stereocenters. The van der Waals surface area contributed by atoms with Gasteiger partial charge in [0.15, 0.2) is 5.78 Å². The van der Waals surface area contributed by atoms with E-state index in [0.29, 0.717) is 0 Å². The summed E-state index contributed by atoms with van der Waals surface area (Å²) in [5, 5.41) is 0. The van der Waals surface area contributed by atoms with E-state index in [1.807, 2.05) is 0 Å². The van der Waals surface area contributed by atoms with Crippen molar-refractivity contribution in [2.45, 2.75) is 12.8 Å². The molecular weight excluding hydrogens is 629 g/mol. The molecule has 2 aliphatic carbocycles. The van der Waals surface area contributed by atoms with Gasteiger partial charge in [-0.25, -0.2) is 0 Å². The van der Waals surface area contributed by atoms with Crippen LogP contribution in [0.4, 0.5) is 0 Å². The molecule has 7 aromatic rings. The molecule has 1 nitrogen and oxygen atoms in total. The first-order chi connectivity index (χ1) is 25.7. The molecule has 0 N–H and O–H groups in total. The van der Waals surface area contributed by atoms with Crippen molar-refractivity contribution in [3.8, 4) is 55.6 Å². The first kappa shape index (κ1) is 31.7. The molecule has 0 fully saturated rings. The third-order valence-corrected chi connectivity index (χ3v) is 10.8. The number of fused-ring (bicyclic) bond motifs is 2. The molecule has 0 spiro atoms. The van der Waals surface area contributed by atoms with Crippen molar-refractivity contribution >= 4 is 11.4 Å². The first-order valence-corrected chi connectivity index (χ1v) is 18.3. The second-order valence-corrected chi connectivity index (χ2v) is 13.9. The van der Waals surface area contributed by atoms with Gasteiger partial charge in [0, 0.05) is 11.5 Å². The quantitative estimate of drug-likeness (QED) is 0.173. The van der Waals surface area contributed by atoms with E-state index < -0.39 is 0 Å². The highest BCUT2D eigenvalue weighted by atomic mass is 16.1. The molecule has 9 rings (SSSR count). The van der Waals surface area contributed by atoms with E-state index in [4.69, 9.17) is 0 Å². The molecule has 248 valence electrons.